The van der Waals surface area contributed by atoms with Crippen LogP contribution in [0.2, 0.25) is 0 Å². The maximum atomic E-state index is 13.4. The number of likely N-dealkylation sites (tertiary alicyclic amines) is 1. The number of carbonyl (C=O) groups is 1. The molecule has 0 N–H and O–H groups in total. The molecule has 0 aromatic heterocycles. The number of rotatable bonds is 4. The fourth-order valence-electron chi connectivity index (χ4n) is 4.03. The molecule has 2 heterocycles. The molecule has 2 aliphatic heterocycles. The number of piperidine rings is 1. The minimum Gasteiger partial charge on any atom is -0.347 e. The minimum atomic E-state index is -4.58. The molecule has 2 aromatic rings. The minimum absolute atomic E-state index is 0.304. The second-order valence-electron chi connectivity index (χ2n) is 7.41. The van der Waals surface area contributed by atoms with Crippen LogP contribution in [0, 0.1) is 0 Å². The summed E-state index contributed by atoms with van der Waals surface area (Å²) in [5.41, 5.74) is -0.204. The average Bonchev–Trinajstić information content (AvgIpc) is 3.17. The fourth-order valence-corrected chi connectivity index (χ4v) is 4.03. The van der Waals surface area contributed by atoms with E-state index in [4.69, 9.17) is 9.47 Å². The number of ether oxygens (including phenoxy) is 2. The molecule has 2 aliphatic rings. The third-order valence-electron chi connectivity index (χ3n) is 5.56. The van der Waals surface area contributed by atoms with Gasteiger partial charge in [0.25, 0.3) is 0 Å². The van der Waals surface area contributed by atoms with Gasteiger partial charge in [0.15, 0.2) is 11.6 Å². The van der Waals surface area contributed by atoms with E-state index >= 15 is 0 Å². The largest absolute Gasteiger partial charge is 0.417 e. The van der Waals surface area contributed by atoms with Crippen molar-refractivity contribution in [1.29, 1.82) is 0 Å². The van der Waals surface area contributed by atoms with Crippen molar-refractivity contribution in [2.24, 2.45) is 0 Å². The van der Waals surface area contributed by atoms with Crippen molar-refractivity contribution in [3.63, 3.8) is 0 Å². The molecule has 2 aromatic carbocycles. The van der Waals surface area contributed by atoms with Gasteiger partial charge in [0, 0.05) is 43.6 Å². The van der Waals surface area contributed by atoms with Crippen molar-refractivity contribution in [1.82, 2.24) is 4.90 Å². The summed E-state index contributed by atoms with van der Waals surface area (Å²) >= 11 is 0. The highest BCUT2D eigenvalue weighted by molar-refractivity contribution is 6.10. The Balaban J connectivity index is 1.54. The number of carbonyl (C=O) groups excluding carboxylic acids is 1. The van der Waals surface area contributed by atoms with Crippen molar-refractivity contribution in [3.05, 3.63) is 70.8 Å². The number of hydrogen-bond acceptors (Lipinski definition) is 4. The summed E-state index contributed by atoms with van der Waals surface area (Å²) in [6.45, 7) is 3.18. The molecule has 2 saturated heterocycles. The summed E-state index contributed by atoms with van der Waals surface area (Å²) in [6.07, 6.45) is -3.11. The molecule has 0 unspecified atom stereocenters. The smallest absolute Gasteiger partial charge is 0.347 e. The maximum Gasteiger partial charge on any atom is 0.417 e. The molecule has 0 bridgehead atoms. The molecule has 1 spiro atoms. The van der Waals surface area contributed by atoms with Crippen molar-refractivity contribution >= 4 is 5.78 Å². The monoisotopic (exact) mass is 405 g/mol. The predicted molar refractivity (Wildman–Crippen MR) is 100 cm³/mol. The highest BCUT2D eigenvalue weighted by Crippen LogP contribution is 2.34. The molecule has 0 amide bonds. The molecule has 4 rings (SSSR count). The first-order chi connectivity index (χ1) is 13.9. The van der Waals surface area contributed by atoms with Crippen molar-refractivity contribution in [3.8, 4) is 0 Å². The molecule has 4 nitrogen and oxygen atoms in total. The molecule has 0 saturated carbocycles. The molecule has 7 heteroatoms. The first kappa shape index (κ1) is 20.1. The molecule has 0 atom stereocenters. The lowest BCUT2D eigenvalue weighted by atomic mass is 9.94. The SMILES string of the molecule is O=C(c1ccccc1CN1CCC2(CC1)OCCO2)c1ccccc1C(F)(F)F. The van der Waals surface area contributed by atoms with Gasteiger partial charge in [-0.1, -0.05) is 42.5 Å². The third-order valence-corrected chi connectivity index (χ3v) is 5.56. The third kappa shape index (κ3) is 4.22. The summed E-state index contributed by atoms with van der Waals surface area (Å²) in [7, 11) is 0. The molecular formula is C22H22F3NO3. The summed E-state index contributed by atoms with van der Waals surface area (Å²) in [5, 5.41) is 0. The topological polar surface area (TPSA) is 38.8 Å². The van der Waals surface area contributed by atoms with Crippen molar-refractivity contribution in [2.45, 2.75) is 31.3 Å². The Morgan fingerprint density at radius 1 is 0.931 bits per heavy atom. The highest BCUT2D eigenvalue weighted by atomic mass is 19.4. The lowest BCUT2D eigenvalue weighted by molar-refractivity contribution is -0.185. The van der Waals surface area contributed by atoms with Gasteiger partial charge in [-0.3, -0.25) is 9.69 Å². The average molecular weight is 405 g/mol. The van der Waals surface area contributed by atoms with E-state index in [1.165, 1.54) is 18.2 Å². The van der Waals surface area contributed by atoms with E-state index in [9.17, 15) is 18.0 Å². The molecule has 154 valence electrons. The number of benzene rings is 2. The zero-order chi connectivity index (χ0) is 20.5. The highest BCUT2D eigenvalue weighted by Gasteiger charge is 2.40. The normalized spacial score (nSPS) is 19.6. The summed E-state index contributed by atoms with van der Waals surface area (Å²) in [5.74, 6) is -1.10. The Labute approximate surface area is 167 Å². The quantitative estimate of drug-likeness (QED) is 0.712. The number of ketones is 1. The van der Waals surface area contributed by atoms with Crippen LogP contribution in [0.3, 0.4) is 0 Å². The van der Waals surface area contributed by atoms with E-state index in [1.807, 2.05) is 0 Å². The van der Waals surface area contributed by atoms with Crippen LogP contribution >= 0.6 is 0 Å². The lowest BCUT2D eigenvalue weighted by Gasteiger charge is -2.37. The Morgan fingerprint density at radius 2 is 1.52 bits per heavy atom. The Kier molecular flexibility index (Phi) is 5.46. The van der Waals surface area contributed by atoms with Crippen LogP contribution in [0.4, 0.5) is 13.2 Å². The zero-order valence-corrected chi connectivity index (χ0v) is 15.9. The van der Waals surface area contributed by atoms with Crippen molar-refractivity contribution < 1.29 is 27.4 Å². The van der Waals surface area contributed by atoms with Crippen LogP contribution < -0.4 is 0 Å². The second kappa shape index (κ2) is 7.89. The van der Waals surface area contributed by atoms with Crippen LogP contribution in [0.1, 0.15) is 39.9 Å². The summed E-state index contributed by atoms with van der Waals surface area (Å²) < 4.78 is 51.5. The molecular weight excluding hydrogens is 383 g/mol. The predicted octanol–water partition coefficient (Wildman–Crippen LogP) is 4.28. The van der Waals surface area contributed by atoms with Gasteiger partial charge >= 0.3 is 6.18 Å². The molecule has 0 aliphatic carbocycles. The maximum absolute atomic E-state index is 13.4. The number of nitrogens with zero attached hydrogens (tertiary/aromatic N) is 1. The van der Waals surface area contributed by atoms with Crippen LogP contribution in [0.15, 0.2) is 48.5 Å². The van der Waals surface area contributed by atoms with Gasteiger partial charge in [0.1, 0.15) is 0 Å². The summed E-state index contributed by atoms with van der Waals surface area (Å²) in [4.78, 5) is 15.2. The molecule has 0 radical (unpaired) electrons. The Bertz CT molecular complexity index is 881. The van der Waals surface area contributed by atoms with Gasteiger partial charge in [0.05, 0.1) is 18.8 Å². The van der Waals surface area contributed by atoms with Crippen LogP contribution in [-0.2, 0) is 22.2 Å². The van der Waals surface area contributed by atoms with Gasteiger partial charge < -0.3 is 9.47 Å². The van der Waals surface area contributed by atoms with E-state index < -0.39 is 23.3 Å². The standard InChI is InChI=1S/C22H22F3NO3/c23-22(24,25)19-8-4-3-7-18(19)20(27)17-6-2-1-5-16(17)15-26-11-9-21(10-12-26)28-13-14-29-21/h1-8H,9-15H2. The molecule has 29 heavy (non-hydrogen) atoms. The summed E-state index contributed by atoms with van der Waals surface area (Å²) in [6, 6.07) is 11.8. The second-order valence-corrected chi connectivity index (χ2v) is 7.41. The van der Waals surface area contributed by atoms with Crippen LogP contribution in [-0.4, -0.2) is 42.8 Å². The van der Waals surface area contributed by atoms with Gasteiger partial charge in [-0.2, -0.15) is 13.2 Å². The molecule has 2 fully saturated rings. The number of hydrogen-bond donors (Lipinski definition) is 0. The van der Waals surface area contributed by atoms with Crippen molar-refractivity contribution in [2.75, 3.05) is 26.3 Å². The number of alkyl halides is 3. The lowest BCUT2D eigenvalue weighted by Crippen LogP contribution is -2.44. The Hall–Kier alpha value is -2.22. The van der Waals surface area contributed by atoms with Crippen LogP contribution in [0.25, 0.3) is 0 Å². The zero-order valence-electron chi connectivity index (χ0n) is 15.9. The van der Waals surface area contributed by atoms with E-state index in [1.54, 1.807) is 24.3 Å². The first-order valence-corrected chi connectivity index (χ1v) is 9.67. The van der Waals surface area contributed by atoms with E-state index in [0.717, 1.165) is 37.6 Å². The first-order valence-electron chi connectivity index (χ1n) is 9.67. The fraction of sp³-hybridized carbons (Fsp3) is 0.409. The van der Waals surface area contributed by atoms with Gasteiger partial charge in [-0.05, 0) is 11.6 Å². The van der Waals surface area contributed by atoms with E-state index in [2.05, 4.69) is 4.90 Å². The van der Waals surface area contributed by atoms with Crippen LogP contribution in [0.5, 0.6) is 0 Å². The number of halogens is 3. The van der Waals surface area contributed by atoms with E-state index in [0.29, 0.717) is 25.3 Å². The van der Waals surface area contributed by atoms with Gasteiger partial charge in [-0.25, -0.2) is 0 Å². The van der Waals surface area contributed by atoms with Gasteiger partial charge in [-0.15, -0.1) is 0 Å². The Morgan fingerprint density at radius 3 is 2.17 bits per heavy atom. The van der Waals surface area contributed by atoms with E-state index in [-0.39, 0.29) is 5.56 Å². The van der Waals surface area contributed by atoms with Gasteiger partial charge in [0.2, 0.25) is 0 Å².